The highest BCUT2D eigenvalue weighted by atomic mass is 16.5. The van der Waals surface area contributed by atoms with Gasteiger partial charge < -0.3 is 15.0 Å². The van der Waals surface area contributed by atoms with Crippen LogP contribution in [0.5, 0.6) is 0 Å². The van der Waals surface area contributed by atoms with Gasteiger partial charge in [-0.05, 0) is 30.4 Å². The van der Waals surface area contributed by atoms with Crippen molar-refractivity contribution >= 4 is 5.82 Å². The number of rotatable bonds is 6. The van der Waals surface area contributed by atoms with Crippen molar-refractivity contribution in [2.45, 2.75) is 44.7 Å². The molecule has 2 aliphatic rings. The van der Waals surface area contributed by atoms with Gasteiger partial charge in [0.1, 0.15) is 18.0 Å². The lowest BCUT2D eigenvalue weighted by Gasteiger charge is -2.30. The van der Waals surface area contributed by atoms with E-state index in [-0.39, 0.29) is 6.04 Å². The Morgan fingerprint density at radius 2 is 2.00 bits per heavy atom. The largest absolute Gasteiger partial charge is 0.378 e. The first kappa shape index (κ1) is 17.4. The number of pyridine rings is 1. The first-order chi connectivity index (χ1) is 12.9. The Kier molecular flexibility index (Phi) is 5.76. The predicted octanol–water partition coefficient (Wildman–Crippen LogP) is 2.45. The molecule has 7 nitrogen and oxygen atoms in total. The lowest BCUT2D eigenvalue weighted by molar-refractivity contribution is 0.122. The molecule has 1 saturated heterocycles. The van der Waals surface area contributed by atoms with Crippen LogP contribution in [0.4, 0.5) is 5.82 Å². The number of hydrogen-bond acceptors (Lipinski definition) is 6. The average molecular weight is 356 g/mol. The highest BCUT2D eigenvalue weighted by Gasteiger charge is 2.26. The molecular weight excluding hydrogens is 328 g/mol. The van der Waals surface area contributed by atoms with Gasteiger partial charge in [-0.25, -0.2) is 9.97 Å². The van der Waals surface area contributed by atoms with Gasteiger partial charge >= 0.3 is 0 Å². The molecule has 0 aromatic carbocycles. The maximum atomic E-state index is 5.41. The van der Waals surface area contributed by atoms with Crippen LogP contribution in [0.3, 0.4) is 0 Å². The van der Waals surface area contributed by atoms with E-state index >= 15 is 0 Å². The summed E-state index contributed by atoms with van der Waals surface area (Å²) in [6.07, 6.45) is 10.1. The zero-order valence-corrected chi connectivity index (χ0v) is 15.2. The number of aromatic amines is 1. The molecule has 7 heteroatoms. The van der Waals surface area contributed by atoms with Gasteiger partial charge in [-0.1, -0.05) is 25.3 Å². The molecule has 4 rings (SSSR count). The molecule has 2 aromatic heterocycles. The standard InChI is InChI=1S/C19H28N6O/c1-2-4-16(5-3-1)18(19-22-14-23-24-19)21-13-15-6-7-17(20-12-15)25-8-10-26-11-9-25/h6-7,12,14,16,18,21H,1-5,8-11,13H2,(H,22,23,24). The molecule has 1 atom stereocenters. The first-order valence-corrected chi connectivity index (χ1v) is 9.76. The van der Waals surface area contributed by atoms with Crippen LogP contribution in [0.25, 0.3) is 0 Å². The molecule has 140 valence electrons. The number of nitrogens with zero attached hydrogens (tertiary/aromatic N) is 4. The lowest BCUT2D eigenvalue weighted by Crippen LogP contribution is -2.36. The molecule has 2 N–H and O–H groups in total. The Bertz CT molecular complexity index is 647. The molecular formula is C19H28N6O. The Morgan fingerprint density at radius 1 is 1.15 bits per heavy atom. The van der Waals surface area contributed by atoms with E-state index in [1.165, 1.54) is 37.7 Å². The van der Waals surface area contributed by atoms with Gasteiger partial charge in [0.15, 0.2) is 0 Å². The van der Waals surface area contributed by atoms with Crippen LogP contribution in [-0.4, -0.2) is 46.5 Å². The third-order valence-electron chi connectivity index (χ3n) is 5.52. The maximum Gasteiger partial charge on any atom is 0.141 e. The zero-order valence-electron chi connectivity index (χ0n) is 15.2. The third kappa shape index (κ3) is 4.22. The molecule has 0 amide bonds. The number of H-pyrrole nitrogens is 1. The van der Waals surface area contributed by atoms with Crippen LogP contribution in [0.2, 0.25) is 0 Å². The van der Waals surface area contributed by atoms with Gasteiger partial charge in [0.05, 0.1) is 19.3 Å². The smallest absolute Gasteiger partial charge is 0.141 e. The van der Waals surface area contributed by atoms with Gasteiger partial charge in [-0.15, -0.1) is 0 Å². The van der Waals surface area contributed by atoms with Crippen molar-refractivity contribution in [3.05, 3.63) is 36.0 Å². The molecule has 2 fully saturated rings. The second-order valence-corrected chi connectivity index (χ2v) is 7.25. The second kappa shape index (κ2) is 8.60. The van der Waals surface area contributed by atoms with Crippen molar-refractivity contribution in [1.29, 1.82) is 0 Å². The SMILES string of the molecule is c1n[nH]c(C(NCc2ccc(N3CCOCC3)nc2)C2CCCCC2)n1. The van der Waals surface area contributed by atoms with E-state index in [9.17, 15) is 0 Å². The summed E-state index contributed by atoms with van der Waals surface area (Å²) in [7, 11) is 0. The molecule has 0 spiro atoms. The van der Waals surface area contributed by atoms with Crippen molar-refractivity contribution in [1.82, 2.24) is 25.5 Å². The summed E-state index contributed by atoms with van der Waals surface area (Å²) >= 11 is 0. The fourth-order valence-corrected chi connectivity index (χ4v) is 4.05. The maximum absolute atomic E-state index is 5.41. The minimum Gasteiger partial charge on any atom is -0.378 e. The fourth-order valence-electron chi connectivity index (χ4n) is 4.05. The van der Waals surface area contributed by atoms with Crippen LogP contribution in [-0.2, 0) is 11.3 Å². The average Bonchev–Trinajstić information content (AvgIpc) is 3.25. The molecule has 1 unspecified atom stereocenters. The molecule has 1 aliphatic heterocycles. The molecule has 2 aromatic rings. The van der Waals surface area contributed by atoms with E-state index in [4.69, 9.17) is 4.74 Å². The molecule has 1 saturated carbocycles. The summed E-state index contributed by atoms with van der Waals surface area (Å²) in [5, 5.41) is 10.8. The summed E-state index contributed by atoms with van der Waals surface area (Å²) in [6.45, 7) is 4.19. The van der Waals surface area contributed by atoms with Crippen molar-refractivity contribution in [3.8, 4) is 0 Å². The minimum absolute atomic E-state index is 0.233. The van der Waals surface area contributed by atoms with E-state index in [0.29, 0.717) is 5.92 Å². The quantitative estimate of drug-likeness (QED) is 0.828. The highest BCUT2D eigenvalue weighted by molar-refractivity contribution is 5.39. The monoisotopic (exact) mass is 356 g/mol. The number of aromatic nitrogens is 4. The highest BCUT2D eigenvalue weighted by Crippen LogP contribution is 2.33. The van der Waals surface area contributed by atoms with E-state index in [1.54, 1.807) is 6.33 Å². The van der Waals surface area contributed by atoms with Crippen LogP contribution in [0.15, 0.2) is 24.7 Å². The number of ether oxygens (including phenoxy) is 1. The summed E-state index contributed by atoms with van der Waals surface area (Å²) in [5.41, 5.74) is 1.20. The van der Waals surface area contributed by atoms with E-state index in [2.05, 4.69) is 42.5 Å². The van der Waals surface area contributed by atoms with Crippen molar-refractivity contribution < 1.29 is 4.74 Å². The molecule has 26 heavy (non-hydrogen) atoms. The van der Waals surface area contributed by atoms with Crippen molar-refractivity contribution in [2.24, 2.45) is 5.92 Å². The summed E-state index contributed by atoms with van der Waals surface area (Å²) in [5.74, 6) is 2.61. The Balaban J connectivity index is 1.39. The van der Waals surface area contributed by atoms with E-state index in [1.807, 2.05) is 6.20 Å². The summed E-state index contributed by atoms with van der Waals surface area (Å²) in [6, 6.07) is 4.52. The topological polar surface area (TPSA) is 79.0 Å². The Labute approximate surface area is 154 Å². The number of hydrogen-bond donors (Lipinski definition) is 2. The van der Waals surface area contributed by atoms with Crippen LogP contribution < -0.4 is 10.2 Å². The fraction of sp³-hybridized carbons (Fsp3) is 0.632. The summed E-state index contributed by atoms with van der Waals surface area (Å²) in [4.78, 5) is 11.3. The Morgan fingerprint density at radius 3 is 2.69 bits per heavy atom. The predicted molar refractivity (Wildman–Crippen MR) is 99.8 cm³/mol. The third-order valence-corrected chi connectivity index (χ3v) is 5.52. The van der Waals surface area contributed by atoms with Gasteiger partial charge in [0.2, 0.25) is 0 Å². The van der Waals surface area contributed by atoms with E-state index < -0.39 is 0 Å². The molecule has 1 aliphatic carbocycles. The number of morpholine rings is 1. The number of nitrogens with one attached hydrogen (secondary N) is 2. The van der Waals surface area contributed by atoms with E-state index in [0.717, 1.165) is 44.5 Å². The molecule has 0 bridgehead atoms. The van der Waals surface area contributed by atoms with Gasteiger partial charge in [0.25, 0.3) is 0 Å². The lowest BCUT2D eigenvalue weighted by atomic mass is 9.83. The van der Waals surface area contributed by atoms with Gasteiger partial charge in [-0.3, -0.25) is 5.10 Å². The normalized spacial score (nSPS) is 20.2. The first-order valence-electron chi connectivity index (χ1n) is 9.76. The number of anilines is 1. The second-order valence-electron chi connectivity index (χ2n) is 7.25. The Hall–Kier alpha value is -1.99. The minimum atomic E-state index is 0.233. The zero-order chi connectivity index (χ0) is 17.6. The van der Waals surface area contributed by atoms with Crippen LogP contribution in [0.1, 0.15) is 49.5 Å². The van der Waals surface area contributed by atoms with Crippen molar-refractivity contribution in [3.63, 3.8) is 0 Å². The molecule has 0 radical (unpaired) electrons. The van der Waals surface area contributed by atoms with Gasteiger partial charge in [-0.2, -0.15) is 5.10 Å². The molecule has 3 heterocycles. The summed E-state index contributed by atoms with van der Waals surface area (Å²) < 4.78 is 5.41. The van der Waals surface area contributed by atoms with Crippen LogP contribution in [0, 0.1) is 5.92 Å². The van der Waals surface area contributed by atoms with Crippen molar-refractivity contribution in [2.75, 3.05) is 31.2 Å². The van der Waals surface area contributed by atoms with Gasteiger partial charge in [0, 0.05) is 25.8 Å². The van der Waals surface area contributed by atoms with Crippen LogP contribution >= 0.6 is 0 Å².